The van der Waals surface area contributed by atoms with Crippen molar-refractivity contribution in [1.82, 2.24) is 29.2 Å². The second kappa shape index (κ2) is 5.84. The van der Waals surface area contributed by atoms with E-state index < -0.39 is 0 Å². The molecule has 1 saturated heterocycles. The minimum absolute atomic E-state index is 0.0877. The Bertz CT molecular complexity index is 940. The molecule has 0 atom stereocenters. The van der Waals surface area contributed by atoms with Crippen LogP contribution in [0.5, 0.6) is 0 Å². The first kappa shape index (κ1) is 15.0. The van der Waals surface area contributed by atoms with Gasteiger partial charge in [-0.15, -0.1) is 5.10 Å². The highest BCUT2D eigenvalue weighted by Gasteiger charge is 2.17. The Morgan fingerprint density at radius 2 is 2.04 bits per heavy atom. The van der Waals surface area contributed by atoms with Crippen molar-refractivity contribution in [3.8, 4) is 0 Å². The molecular formula is C15H19N7O2. The normalized spacial score (nSPS) is 16.3. The molecule has 0 aliphatic carbocycles. The van der Waals surface area contributed by atoms with Gasteiger partial charge in [0.15, 0.2) is 5.82 Å². The van der Waals surface area contributed by atoms with Crippen molar-refractivity contribution < 1.29 is 4.74 Å². The minimum Gasteiger partial charge on any atom is -0.377 e. The maximum atomic E-state index is 12.9. The molecule has 3 aromatic rings. The summed E-state index contributed by atoms with van der Waals surface area (Å²) < 4.78 is 8.33. The number of hydrogen-bond acceptors (Lipinski definition) is 7. The summed E-state index contributed by atoms with van der Waals surface area (Å²) in [4.78, 5) is 23.7. The molecule has 1 fully saturated rings. The number of piperazine rings is 1. The van der Waals surface area contributed by atoms with E-state index in [4.69, 9.17) is 4.74 Å². The van der Waals surface area contributed by atoms with Crippen LogP contribution in [-0.4, -0.2) is 69.5 Å². The smallest absolute Gasteiger partial charge is 0.280 e. The van der Waals surface area contributed by atoms with Gasteiger partial charge in [0.25, 0.3) is 11.3 Å². The molecule has 0 unspecified atom stereocenters. The van der Waals surface area contributed by atoms with E-state index in [2.05, 4.69) is 32.0 Å². The van der Waals surface area contributed by atoms with E-state index in [1.54, 1.807) is 28.7 Å². The lowest BCUT2D eigenvalue weighted by Crippen LogP contribution is -2.52. The van der Waals surface area contributed by atoms with Gasteiger partial charge in [-0.1, -0.05) is 0 Å². The predicted octanol–water partition coefficient (Wildman–Crippen LogP) is -0.531. The highest BCUT2D eigenvalue weighted by Crippen LogP contribution is 2.11. The molecular weight excluding hydrogens is 310 g/mol. The van der Waals surface area contributed by atoms with Crippen LogP contribution >= 0.6 is 0 Å². The first-order valence-electron chi connectivity index (χ1n) is 7.86. The van der Waals surface area contributed by atoms with Crippen molar-refractivity contribution in [2.24, 2.45) is 0 Å². The zero-order chi connectivity index (χ0) is 16.7. The number of pyridine rings is 1. The molecule has 0 amide bonds. The SMILES string of the molecule is COCc1nc2ncc3c(=O)n(N4CCN(C)CC4)ccc3n2n1. The predicted molar refractivity (Wildman–Crippen MR) is 88.7 cm³/mol. The van der Waals surface area contributed by atoms with Crippen LogP contribution in [0.15, 0.2) is 23.3 Å². The number of fused-ring (bicyclic) bond motifs is 3. The molecule has 9 heteroatoms. The summed E-state index contributed by atoms with van der Waals surface area (Å²) in [5.41, 5.74) is 0.612. The molecule has 126 valence electrons. The Labute approximate surface area is 138 Å². The third-order valence-corrected chi connectivity index (χ3v) is 4.32. The van der Waals surface area contributed by atoms with Crippen LogP contribution in [0, 0.1) is 0 Å². The number of rotatable bonds is 3. The summed E-state index contributed by atoms with van der Waals surface area (Å²) in [6, 6.07) is 1.88. The lowest BCUT2D eigenvalue weighted by atomic mass is 10.3. The second-order valence-corrected chi connectivity index (χ2v) is 5.95. The van der Waals surface area contributed by atoms with Crippen LogP contribution in [0.3, 0.4) is 0 Å². The van der Waals surface area contributed by atoms with E-state index in [0.717, 1.165) is 26.2 Å². The van der Waals surface area contributed by atoms with Gasteiger partial charge in [-0.25, -0.2) is 9.66 Å². The molecule has 0 aromatic carbocycles. The first-order valence-corrected chi connectivity index (χ1v) is 7.86. The van der Waals surface area contributed by atoms with Gasteiger partial charge in [0.05, 0.1) is 10.9 Å². The average Bonchev–Trinajstić information content (AvgIpc) is 2.99. The number of nitrogens with zero attached hydrogens (tertiary/aromatic N) is 7. The van der Waals surface area contributed by atoms with Gasteiger partial charge in [-0.2, -0.15) is 9.50 Å². The summed E-state index contributed by atoms with van der Waals surface area (Å²) in [6.07, 6.45) is 3.37. The summed E-state index contributed by atoms with van der Waals surface area (Å²) in [5.74, 6) is 1.01. The zero-order valence-corrected chi connectivity index (χ0v) is 13.7. The van der Waals surface area contributed by atoms with Crippen molar-refractivity contribution in [3.05, 3.63) is 34.6 Å². The molecule has 9 nitrogen and oxygen atoms in total. The number of hydrogen-bond donors (Lipinski definition) is 0. The molecule has 0 saturated carbocycles. The highest BCUT2D eigenvalue weighted by molar-refractivity contribution is 5.78. The summed E-state index contributed by atoms with van der Waals surface area (Å²) in [5, 5.41) is 6.96. The van der Waals surface area contributed by atoms with E-state index >= 15 is 0 Å². The number of methoxy groups -OCH3 is 1. The fraction of sp³-hybridized carbons (Fsp3) is 0.467. The molecule has 1 aliphatic heterocycles. The zero-order valence-electron chi connectivity index (χ0n) is 13.7. The molecule has 0 N–H and O–H groups in total. The van der Waals surface area contributed by atoms with E-state index in [9.17, 15) is 4.79 Å². The second-order valence-electron chi connectivity index (χ2n) is 5.95. The van der Waals surface area contributed by atoms with Gasteiger partial charge in [-0.05, 0) is 13.1 Å². The molecule has 4 heterocycles. The van der Waals surface area contributed by atoms with Crippen LogP contribution in [0.2, 0.25) is 0 Å². The third-order valence-electron chi connectivity index (χ3n) is 4.32. The molecule has 0 radical (unpaired) electrons. The van der Waals surface area contributed by atoms with Crippen LogP contribution in [0.25, 0.3) is 16.7 Å². The topological polar surface area (TPSA) is 80.8 Å². The van der Waals surface area contributed by atoms with E-state index in [0.29, 0.717) is 29.1 Å². The van der Waals surface area contributed by atoms with Gasteiger partial charge in [0.1, 0.15) is 6.61 Å². The summed E-state index contributed by atoms with van der Waals surface area (Å²) >= 11 is 0. The fourth-order valence-corrected chi connectivity index (χ4v) is 2.97. The van der Waals surface area contributed by atoms with E-state index in [1.165, 1.54) is 0 Å². The highest BCUT2D eigenvalue weighted by atomic mass is 16.5. The maximum Gasteiger partial charge on any atom is 0.280 e. The van der Waals surface area contributed by atoms with Crippen molar-refractivity contribution in [2.75, 3.05) is 45.3 Å². The largest absolute Gasteiger partial charge is 0.377 e. The van der Waals surface area contributed by atoms with Crippen LogP contribution in [-0.2, 0) is 11.3 Å². The standard InChI is InChI=1S/C15H19N7O2/c1-19-5-7-20(8-6-19)21-4-3-12-11(14(21)23)9-16-15-17-13(10-24-2)18-22(12)15/h3-4,9H,5-8,10H2,1-2H3. The van der Waals surface area contributed by atoms with Crippen molar-refractivity contribution in [2.45, 2.75) is 6.61 Å². The Morgan fingerprint density at radius 1 is 1.25 bits per heavy atom. The van der Waals surface area contributed by atoms with Gasteiger partial charge in [-0.3, -0.25) is 4.79 Å². The quantitative estimate of drug-likeness (QED) is 0.639. The van der Waals surface area contributed by atoms with E-state index in [1.807, 2.05) is 6.07 Å². The van der Waals surface area contributed by atoms with Crippen LogP contribution in [0.1, 0.15) is 5.82 Å². The van der Waals surface area contributed by atoms with Crippen molar-refractivity contribution >= 4 is 16.7 Å². The lowest BCUT2D eigenvalue weighted by molar-refractivity contribution is 0.178. The molecule has 0 spiro atoms. The van der Waals surface area contributed by atoms with E-state index in [-0.39, 0.29) is 5.56 Å². The number of ether oxygens (including phenoxy) is 1. The van der Waals surface area contributed by atoms with Crippen LogP contribution < -0.4 is 10.6 Å². The van der Waals surface area contributed by atoms with Crippen LogP contribution in [0.4, 0.5) is 0 Å². The lowest BCUT2D eigenvalue weighted by Gasteiger charge is -2.34. The van der Waals surface area contributed by atoms with Gasteiger partial charge in [0.2, 0.25) is 0 Å². The molecule has 3 aromatic heterocycles. The Kier molecular flexibility index (Phi) is 3.66. The molecule has 0 bridgehead atoms. The summed E-state index contributed by atoms with van der Waals surface area (Å²) in [7, 11) is 3.68. The average molecular weight is 329 g/mol. The number of aromatic nitrogens is 5. The Hall–Kier alpha value is -2.52. The monoisotopic (exact) mass is 329 g/mol. The summed E-state index contributed by atoms with van der Waals surface area (Å²) in [6.45, 7) is 3.82. The Balaban J connectivity index is 1.81. The maximum absolute atomic E-state index is 12.9. The third kappa shape index (κ3) is 2.42. The van der Waals surface area contributed by atoms with Gasteiger partial charge >= 0.3 is 0 Å². The van der Waals surface area contributed by atoms with Gasteiger partial charge < -0.3 is 14.6 Å². The van der Waals surface area contributed by atoms with Crippen molar-refractivity contribution in [1.29, 1.82) is 0 Å². The molecule has 4 rings (SSSR count). The Morgan fingerprint density at radius 3 is 2.79 bits per heavy atom. The fourth-order valence-electron chi connectivity index (χ4n) is 2.97. The first-order chi connectivity index (χ1) is 11.7. The van der Waals surface area contributed by atoms with Crippen molar-refractivity contribution in [3.63, 3.8) is 0 Å². The minimum atomic E-state index is -0.0877. The molecule has 1 aliphatic rings. The van der Waals surface area contributed by atoms with Gasteiger partial charge in [0, 0.05) is 45.7 Å². The number of likely N-dealkylation sites (N-methyl/N-ethyl adjacent to an activating group) is 1. The molecule has 24 heavy (non-hydrogen) atoms.